The number of aromatic amines is 1. The molecule has 0 saturated carbocycles. The molecule has 0 bridgehead atoms. The normalized spacial score (nSPS) is 11.2. The highest BCUT2D eigenvalue weighted by Gasteiger charge is 2.17. The quantitative estimate of drug-likeness (QED) is 0.774. The standard InChI is InChI=1S/C13H16ClN7/c1-4-5-15-13-18-11-10(16-6-17-11)12(19-13)21-8(3)9(14)7(2)20-21/h6H,4-5H2,1-3H3,(H2,15,16,17,18,19). The van der Waals surface area contributed by atoms with Crippen LogP contribution in [0.1, 0.15) is 24.7 Å². The van der Waals surface area contributed by atoms with Gasteiger partial charge >= 0.3 is 0 Å². The Hall–Kier alpha value is -2.15. The highest BCUT2D eigenvalue weighted by atomic mass is 35.5. The van der Waals surface area contributed by atoms with Crippen LogP contribution in [0.25, 0.3) is 17.0 Å². The van der Waals surface area contributed by atoms with Crippen LogP contribution in [-0.2, 0) is 0 Å². The predicted molar refractivity (Wildman–Crippen MR) is 82.1 cm³/mol. The van der Waals surface area contributed by atoms with Crippen molar-refractivity contribution in [3.8, 4) is 5.82 Å². The van der Waals surface area contributed by atoms with Crippen LogP contribution in [0, 0.1) is 13.8 Å². The molecule has 2 N–H and O–H groups in total. The van der Waals surface area contributed by atoms with Gasteiger partial charge in [-0.2, -0.15) is 15.1 Å². The number of aryl methyl sites for hydroxylation is 1. The van der Waals surface area contributed by atoms with E-state index >= 15 is 0 Å². The number of nitrogens with one attached hydrogen (secondary N) is 2. The van der Waals surface area contributed by atoms with E-state index in [1.807, 2.05) is 13.8 Å². The summed E-state index contributed by atoms with van der Waals surface area (Å²) in [7, 11) is 0. The lowest BCUT2D eigenvalue weighted by Gasteiger charge is -2.08. The van der Waals surface area contributed by atoms with Gasteiger partial charge in [0.05, 0.1) is 22.7 Å². The highest BCUT2D eigenvalue weighted by Crippen LogP contribution is 2.25. The predicted octanol–water partition coefficient (Wildman–Crippen LogP) is 2.63. The molecule has 3 rings (SSSR count). The minimum Gasteiger partial charge on any atom is -0.354 e. The Balaban J connectivity index is 2.19. The minimum absolute atomic E-state index is 0.537. The molecule has 0 atom stereocenters. The van der Waals surface area contributed by atoms with Gasteiger partial charge in [-0.3, -0.25) is 0 Å². The average Bonchev–Trinajstić information content (AvgIpc) is 3.04. The second-order valence-electron chi connectivity index (χ2n) is 4.80. The molecule has 7 nitrogen and oxygen atoms in total. The van der Waals surface area contributed by atoms with Crippen LogP contribution in [0.2, 0.25) is 5.02 Å². The van der Waals surface area contributed by atoms with E-state index in [-0.39, 0.29) is 0 Å². The molecule has 0 aliphatic carbocycles. The summed E-state index contributed by atoms with van der Waals surface area (Å²) < 4.78 is 1.72. The Bertz CT molecular complexity index is 789. The number of imidazole rings is 1. The summed E-state index contributed by atoms with van der Waals surface area (Å²) in [5.41, 5.74) is 2.94. The molecule has 0 radical (unpaired) electrons. The van der Waals surface area contributed by atoms with Gasteiger partial charge in [-0.05, 0) is 20.3 Å². The van der Waals surface area contributed by atoms with Gasteiger partial charge < -0.3 is 10.3 Å². The fourth-order valence-corrected chi connectivity index (χ4v) is 2.23. The first-order valence-corrected chi connectivity index (χ1v) is 7.16. The molecule has 0 saturated heterocycles. The topological polar surface area (TPSA) is 84.3 Å². The minimum atomic E-state index is 0.537. The van der Waals surface area contributed by atoms with Crippen LogP contribution in [0.15, 0.2) is 6.33 Å². The summed E-state index contributed by atoms with van der Waals surface area (Å²) in [6.07, 6.45) is 2.59. The van der Waals surface area contributed by atoms with Crippen molar-refractivity contribution in [1.82, 2.24) is 29.7 Å². The highest BCUT2D eigenvalue weighted by molar-refractivity contribution is 6.31. The summed E-state index contributed by atoms with van der Waals surface area (Å²) >= 11 is 6.23. The summed E-state index contributed by atoms with van der Waals surface area (Å²) in [6.45, 7) is 6.66. The van der Waals surface area contributed by atoms with Crippen LogP contribution < -0.4 is 5.32 Å². The molecule has 110 valence electrons. The molecule has 0 aliphatic heterocycles. The molecule has 21 heavy (non-hydrogen) atoms. The summed E-state index contributed by atoms with van der Waals surface area (Å²) in [5, 5.41) is 8.27. The van der Waals surface area contributed by atoms with Crippen molar-refractivity contribution in [3.63, 3.8) is 0 Å². The fourth-order valence-electron chi connectivity index (χ4n) is 2.12. The maximum atomic E-state index is 6.23. The lowest BCUT2D eigenvalue weighted by Crippen LogP contribution is -2.09. The van der Waals surface area contributed by atoms with E-state index in [1.165, 1.54) is 0 Å². The number of nitrogens with zero attached hydrogens (tertiary/aromatic N) is 5. The fraction of sp³-hybridized carbons (Fsp3) is 0.385. The molecule has 0 spiro atoms. The van der Waals surface area contributed by atoms with Gasteiger partial charge in [-0.25, -0.2) is 9.67 Å². The van der Waals surface area contributed by atoms with E-state index in [0.717, 1.165) is 29.9 Å². The summed E-state index contributed by atoms with van der Waals surface area (Å²) in [6, 6.07) is 0. The second-order valence-corrected chi connectivity index (χ2v) is 5.17. The maximum absolute atomic E-state index is 6.23. The van der Waals surface area contributed by atoms with E-state index in [1.54, 1.807) is 11.0 Å². The van der Waals surface area contributed by atoms with Gasteiger partial charge in [0.15, 0.2) is 11.5 Å². The van der Waals surface area contributed by atoms with Crippen LogP contribution in [0.3, 0.4) is 0 Å². The van der Waals surface area contributed by atoms with E-state index in [0.29, 0.717) is 22.4 Å². The lowest BCUT2D eigenvalue weighted by atomic mass is 10.4. The molecule has 3 heterocycles. The van der Waals surface area contributed by atoms with Crippen molar-refractivity contribution in [1.29, 1.82) is 0 Å². The Morgan fingerprint density at radius 2 is 2.14 bits per heavy atom. The first-order chi connectivity index (χ1) is 10.1. The van der Waals surface area contributed by atoms with Gasteiger partial charge in [0.25, 0.3) is 0 Å². The summed E-state index contributed by atoms with van der Waals surface area (Å²) in [5.74, 6) is 1.18. The van der Waals surface area contributed by atoms with Crippen molar-refractivity contribution in [2.75, 3.05) is 11.9 Å². The molecule has 0 amide bonds. The third kappa shape index (κ3) is 2.33. The average molecular weight is 306 g/mol. The molecule has 8 heteroatoms. The Kier molecular flexibility index (Phi) is 3.50. The third-order valence-corrected chi connectivity index (χ3v) is 3.75. The van der Waals surface area contributed by atoms with Gasteiger partial charge in [-0.1, -0.05) is 18.5 Å². The van der Waals surface area contributed by atoms with Crippen molar-refractivity contribution >= 4 is 28.7 Å². The number of anilines is 1. The van der Waals surface area contributed by atoms with E-state index < -0.39 is 0 Å². The third-order valence-electron chi connectivity index (χ3n) is 3.20. The summed E-state index contributed by atoms with van der Waals surface area (Å²) in [4.78, 5) is 16.2. The van der Waals surface area contributed by atoms with Crippen LogP contribution >= 0.6 is 11.6 Å². The van der Waals surface area contributed by atoms with E-state index in [4.69, 9.17) is 11.6 Å². The Morgan fingerprint density at radius 1 is 1.33 bits per heavy atom. The van der Waals surface area contributed by atoms with Crippen molar-refractivity contribution in [3.05, 3.63) is 22.7 Å². The molecule has 0 aliphatic rings. The maximum Gasteiger partial charge on any atom is 0.226 e. The first-order valence-electron chi connectivity index (χ1n) is 6.79. The molecular formula is C13H16ClN7. The molecule has 0 aromatic carbocycles. The number of halogens is 1. The van der Waals surface area contributed by atoms with Crippen molar-refractivity contribution < 1.29 is 0 Å². The number of hydrogen-bond donors (Lipinski definition) is 2. The number of fused-ring (bicyclic) bond motifs is 1. The zero-order valence-corrected chi connectivity index (χ0v) is 12.9. The molecule has 0 unspecified atom stereocenters. The number of rotatable bonds is 4. The van der Waals surface area contributed by atoms with Crippen LogP contribution in [-0.4, -0.2) is 36.3 Å². The lowest BCUT2D eigenvalue weighted by molar-refractivity contribution is 0.807. The Labute approximate surface area is 126 Å². The molecular weight excluding hydrogens is 290 g/mol. The smallest absolute Gasteiger partial charge is 0.226 e. The van der Waals surface area contributed by atoms with E-state index in [2.05, 4.69) is 37.3 Å². The zero-order valence-electron chi connectivity index (χ0n) is 12.1. The van der Waals surface area contributed by atoms with Gasteiger partial charge in [0, 0.05) is 6.54 Å². The SMILES string of the molecule is CCCNc1nc(-n2nc(C)c(Cl)c2C)c2[nH]cnc2n1. The van der Waals surface area contributed by atoms with Gasteiger partial charge in [0.1, 0.15) is 5.52 Å². The molecule has 3 aromatic heterocycles. The number of H-pyrrole nitrogens is 1. The van der Waals surface area contributed by atoms with Gasteiger partial charge in [-0.15, -0.1) is 0 Å². The van der Waals surface area contributed by atoms with Crippen LogP contribution in [0.4, 0.5) is 5.95 Å². The first kappa shape index (κ1) is 13.8. The number of aromatic nitrogens is 6. The Morgan fingerprint density at radius 3 is 2.81 bits per heavy atom. The van der Waals surface area contributed by atoms with E-state index in [9.17, 15) is 0 Å². The molecule has 3 aromatic rings. The van der Waals surface area contributed by atoms with Crippen molar-refractivity contribution in [2.24, 2.45) is 0 Å². The van der Waals surface area contributed by atoms with Gasteiger partial charge in [0.2, 0.25) is 5.95 Å². The monoisotopic (exact) mass is 305 g/mol. The number of hydrogen-bond acceptors (Lipinski definition) is 5. The van der Waals surface area contributed by atoms with Crippen molar-refractivity contribution in [2.45, 2.75) is 27.2 Å². The van der Waals surface area contributed by atoms with Crippen LogP contribution in [0.5, 0.6) is 0 Å². The largest absolute Gasteiger partial charge is 0.354 e. The second kappa shape index (κ2) is 5.33. The molecule has 0 fully saturated rings. The zero-order chi connectivity index (χ0) is 15.0.